The van der Waals surface area contributed by atoms with Gasteiger partial charge in [0.15, 0.2) is 0 Å². The van der Waals surface area contributed by atoms with Crippen molar-refractivity contribution < 1.29 is 13.2 Å². The van der Waals surface area contributed by atoms with Crippen LogP contribution in [0.4, 0.5) is 13.2 Å². The lowest BCUT2D eigenvalue weighted by atomic mass is 10.1. The van der Waals surface area contributed by atoms with Crippen molar-refractivity contribution in [2.45, 2.75) is 13.1 Å². The minimum atomic E-state index is -4.68. The first kappa shape index (κ1) is 17.0. The lowest BCUT2D eigenvalue weighted by Crippen LogP contribution is -2.23. The fourth-order valence-electron chi connectivity index (χ4n) is 2.41. The molecule has 4 nitrogen and oxygen atoms in total. The van der Waals surface area contributed by atoms with Crippen molar-refractivity contribution in [3.05, 3.63) is 68.6 Å². The van der Waals surface area contributed by atoms with E-state index in [2.05, 4.69) is 4.98 Å². The van der Waals surface area contributed by atoms with Crippen molar-refractivity contribution in [3.63, 3.8) is 0 Å². The van der Waals surface area contributed by atoms with E-state index >= 15 is 0 Å². The van der Waals surface area contributed by atoms with E-state index in [1.807, 2.05) is 6.92 Å². The molecule has 0 aliphatic rings. The largest absolute Gasteiger partial charge is 0.433 e. The van der Waals surface area contributed by atoms with Gasteiger partial charge in [-0.25, -0.2) is 4.98 Å². The van der Waals surface area contributed by atoms with Crippen LogP contribution >= 0.6 is 11.6 Å². The predicted octanol–water partition coefficient (Wildman–Crippen LogP) is 4.24. The van der Waals surface area contributed by atoms with Gasteiger partial charge in [0.25, 0.3) is 5.56 Å². The molecule has 0 aliphatic heterocycles. The summed E-state index contributed by atoms with van der Waals surface area (Å²) < 4.78 is 40.0. The van der Waals surface area contributed by atoms with Crippen molar-refractivity contribution in [2.75, 3.05) is 0 Å². The maximum atomic E-state index is 13.0. The van der Waals surface area contributed by atoms with Crippen LogP contribution in [0.2, 0.25) is 5.02 Å². The molecule has 0 saturated heterocycles. The minimum Gasteiger partial charge on any atom is -0.267 e. The second-order valence-electron chi connectivity index (χ2n) is 5.34. The molecule has 25 heavy (non-hydrogen) atoms. The molecule has 2 heterocycles. The van der Waals surface area contributed by atoms with Crippen LogP contribution in [0.15, 0.2) is 41.2 Å². The van der Waals surface area contributed by atoms with Crippen LogP contribution in [-0.4, -0.2) is 9.55 Å². The van der Waals surface area contributed by atoms with Gasteiger partial charge >= 0.3 is 6.18 Å². The standard InChI is InChI=1S/C17H9ClF3N3O/c1-9-2-4-10(5-3-9)24-15-11(14(18)12(8-22)16(24)25)6-7-13(23-15)17(19,20)21/h2-7H,1H3. The van der Waals surface area contributed by atoms with Crippen LogP contribution < -0.4 is 5.56 Å². The summed E-state index contributed by atoms with van der Waals surface area (Å²) in [6, 6.07) is 10.1. The lowest BCUT2D eigenvalue weighted by Gasteiger charge is -2.14. The fourth-order valence-corrected chi connectivity index (χ4v) is 2.69. The highest BCUT2D eigenvalue weighted by atomic mass is 35.5. The Morgan fingerprint density at radius 1 is 1.16 bits per heavy atom. The molecule has 0 radical (unpaired) electrons. The van der Waals surface area contributed by atoms with Crippen LogP contribution in [0, 0.1) is 18.3 Å². The average Bonchev–Trinajstić information content (AvgIpc) is 2.56. The minimum absolute atomic E-state index is 0.0893. The third-order valence-corrected chi connectivity index (χ3v) is 4.05. The zero-order chi connectivity index (χ0) is 18.4. The summed E-state index contributed by atoms with van der Waals surface area (Å²) in [5.74, 6) is 0. The summed E-state index contributed by atoms with van der Waals surface area (Å²) in [5, 5.41) is 9.08. The molecule has 0 amide bonds. The fraction of sp³-hybridized carbons (Fsp3) is 0.118. The van der Waals surface area contributed by atoms with Gasteiger partial charge in [-0.3, -0.25) is 9.36 Å². The number of aryl methyl sites for hydroxylation is 1. The summed E-state index contributed by atoms with van der Waals surface area (Å²) in [4.78, 5) is 16.2. The predicted molar refractivity (Wildman–Crippen MR) is 86.8 cm³/mol. The van der Waals surface area contributed by atoms with E-state index < -0.39 is 17.4 Å². The Morgan fingerprint density at radius 3 is 2.36 bits per heavy atom. The first-order valence-corrected chi connectivity index (χ1v) is 7.41. The van der Waals surface area contributed by atoms with Crippen molar-refractivity contribution in [3.8, 4) is 11.8 Å². The van der Waals surface area contributed by atoms with E-state index in [1.54, 1.807) is 30.3 Å². The molecule has 0 N–H and O–H groups in total. The summed E-state index contributed by atoms with van der Waals surface area (Å²) in [6.07, 6.45) is -4.68. The first-order chi connectivity index (χ1) is 11.7. The van der Waals surface area contributed by atoms with E-state index in [-0.39, 0.29) is 21.6 Å². The number of nitrogens with zero attached hydrogens (tertiary/aromatic N) is 3. The van der Waals surface area contributed by atoms with Gasteiger partial charge in [-0.15, -0.1) is 0 Å². The number of halogens is 4. The molecule has 0 saturated carbocycles. The smallest absolute Gasteiger partial charge is 0.267 e. The molecule has 0 fully saturated rings. The van der Waals surface area contributed by atoms with Crippen LogP contribution in [0.25, 0.3) is 16.7 Å². The summed E-state index contributed by atoms with van der Waals surface area (Å²) in [7, 11) is 0. The lowest BCUT2D eigenvalue weighted by molar-refractivity contribution is -0.141. The van der Waals surface area contributed by atoms with Crippen molar-refractivity contribution in [1.29, 1.82) is 5.26 Å². The number of aromatic nitrogens is 2. The number of benzene rings is 1. The summed E-state index contributed by atoms with van der Waals surface area (Å²) in [6.45, 7) is 1.83. The molecule has 1 aromatic carbocycles. The van der Waals surface area contributed by atoms with Crippen molar-refractivity contribution >= 4 is 22.6 Å². The van der Waals surface area contributed by atoms with Gasteiger partial charge in [-0.2, -0.15) is 18.4 Å². The highest BCUT2D eigenvalue weighted by Gasteiger charge is 2.33. The maximum Gasteiger partial charge on any atom is 0.433 e. The summed E-state index contributed by atoms with van der Waals surface area (Å²) in [5.41, 5.74) is -1.39. The number of pyridine rings is 2. The van der Waals surface area contributed by atoms with E-state index in [0.29, 0.717) is 5.69 Å². The second-order valence-corrected chi connectivity index (χ2v) is 5.72. The third kappa shape index (κ3) is 2.85. The van der Waals surface area contributed by atoms with Gasteiger partial charge < -0.3 is 0 Å². The normalized spacial score (nSPS) is 11.5. The van der Waals surface area contributed by atoms with Crippen LogP contribution in [-0.2, 0) is 6.18 Å². The Labute approximate surface area is 144 Å². The Balaban J connectivity index is 2.49. The molecular formula is C17H9ClF3N3O. The van der Waals surface area contributed by atoms with E-state index in [9.17, 15) is 23.2 Å². The van der Waals surface area contributed by atoms with Crippen molar-refractivity contribution in [2.24, 2.45) is 0 Å². The molecule has 0 aliphatic carbocycles. The maximum absolute atomic E-state index is 13.0. The Kier molecular flexibility index (Phi) is 4.01. The highest BCUT2D eigenvalue weighted by Crippen LogP contribution is 2.32. The number of alkyl halides is 3. The first-order valence-electron chi connectivity index (χ1n) is 7.03. The number of fused-ring (bicyclic) bond motifs is 1. The second kappa shape index (κ2) is 5.90. The van der Waals surface area contributed by atoms with Crippen LogP contribution in [0.5, 0.6) is 0 Å². The Bertz CT molecular complexity index is 1080. The van der Waals surface area contributed by atoms with Gasteiger partial charge in [0.1, 0.15) is 23.0 Å². The van der Waals surface area contributed by atoms with Gasteiger partial charge in [-0.1, -0.05) is 29.3 Å². The van der Waals surface area contributed by atoms with Gasteiger partial charge in [0.05, 0.1) is 10.7 Å². The SMILES string of the molecule is Cc1ccc(-n2c(=O)c(C#N)c(Cl)c3ccc(C(F)(F)F)nc32)cc1. The number of rotatable bonds is 1. The van der Waals surface area contributed by atoms with Gasteiger partial charge in [-0.05, 0) is 31.2 Å². The van der Waals surface area contributed by atoms with Gasteiger partial charge in [0.2, 0.25) is 0 Å². The molecule has 3 aromatic rings. The molecule has 2 aromatic heterocycles. The van der Waals surface area contributed by atoms with E-state index in [4.69, 9.17) is 11.6 Å². The summed E-state index contributed by atoms with van der Waals surface area (Å²) >= 11 is 6.04. The number of hydrogen-bond donors (Lipinski definition) is 0. The molecule has 0 spiro atoms. The average molecular weight is 364 g/mol. The third-order valence-electron chi connectivity index (χ3n) is 3.65. The van der Waals surface area contributed by atoms with Crippen LogP contribution in [0.3, 0.4) is 0 Å². The van der Waals surface area contributed by atoms with E-state index in [0.717, 1.165) is 22.3 Å². The van der Waals surface area contributed by atoms with E-state index in [1.165, 1.54) is 0 Å². The molecule has 126 valence electrons. The molecule has 8 heteroatoms. The molecule has 3 rings (SSSR count). The zero-order valence-corrected chi connectivity index (χ0v) is 13.5. The Hall–Kier alpha value is -2.85. The molecule has 0 unspecified atom stereocenters. The molecule has 0 bridgehead atoms. The zero-order valence-electron chi connectivity index (χ0n) is 12.7. The topological polar surface area (TPSA) is 58.7 Å². The van der Waals surface area contributed by atoms with Gasteiger partial charge in [0, 0.05) is 5.39 Å². The monoisotopic (exact) mass is 363 g/mol. The Morgan fingerprint density at radius 2 is 1.80 bits per heavy atom. The number of hydrogen-bond acceptors (Lipinski definition) is 3. The van der Waals surface area contributed by atoms with Crippen LogP contribution in [0.1, 0.15) is 16.8 Å². The molecular weight excluding hydrogens is 355 g/mol. The quantitative estimate of drug-likeness (QED) is 0.649. The number of nitriles is 1. The molecule has 0 atom stereocenters. The highest BCUT2D eigenvalue weighted by molar-refractivity contribution is 6.36. The van der Waals surface area contributed by atoms with Crippen molar-refractivity contribution in [1.82, 2.24) is 9.55 Å².